The first-order valence-corrected chi connectivity index (χ1v) is 10.00. The molecule has 1 unspecified atom stereocenters. The summed E-state index contributed by atoms with van der Waals surface area (Å²) in [5.41, 5.74) is 1.07. The van der Waals surface area contributed by atoms with E-state index >= 15 is 0 Å². The van der Waals surface area contributed by atoms with E-state index in [0.717, 1.165) is 11.3 Å². The van der Waals surface area contributed by atoms with E-state index in [4.69, 9.17) is 9.47 Å². The van der Waals surface area contributed by atoms with Crippen LogP contribution in [0.4, 0.5) is 4.79 Å². The van der Waals surface area contributed by atoms with Gasteiger partial charge in [0.1, 0.15) is 17.0 Å². The van der Waals surface area contributed by atoms with Gasteiger partial charge in [-0.1, -0.05) is 18.2 Å². The van der Waals surface area contributed by atoms with E-state index in [0.29, 0.717) is 44.7 Å². The fourth-order valence-electron chi connectivity index (χ4n) is 4.19. The number of rotatable bonds is 3. The second-order valence-corrected chi connectivity index (χ2v) is 7.58. The van der Waals surface area contributed by atoms with Crippen molar-refractivity contribution in [2.24, 2.45) is 7.05 Å². The Kier molecular flexibility index (Phi) is 5.17. The van der Waals surface area contributed by atoms with Gasteiger partial charge in [0.2, 0.25) is 0 Å². The third-order valence-corrected chi connectivity index (χ3v) is 5.76. The van der Waals surface area contributed by atoms with Crippen molar-refractivity contribution in [1.82, 2.24) is 20.0 Å². The van der Waals surface area contributed by atoms with Gasteiger partial charge in [-0.2, -0.15) is 5.10 Å². The van der Waals surface area contributed by atoms with E-state index in [1.807, 2.05) is 24.3 Å². The van der Waals surface area contributed by atoms with Crippen LogP contribution in [0.5, 0.6) is 5.75 Å². The molecule has 1 aromatic heterocycles. The number of benzene rings is 1. The largest absolute Gasteiger partial charge is 0.487 e. The van der Waals surface area contributed by atoms with Crippen molar-refractivity contribution in [1.29, 1.82) is 0 Å². The Bertz CT molecular complexity index is 902. The summed E-state index contributed by atoms with van der Waals surface area (Å²) in [6.45, 7) is 3.32. The van der Waals surface area contributed by atoms with Gasteiger partial charge in [-0.05, 0) is 19.1 Å². The first kappa shape index (κ1) is 19.3. The molecule has 4 rings (SSSR count). The van der Waals surface area contributed by atoms with Gasteiger partial charge in [0.25, 0.3) is 5.91 Å². The summed E-state index contributed by atoms with van der Waals surface area (Å²) in [5.74, 6) is 0.629. The Morgan fingerprint density at radius 2 is 2.03 bits per heavy atom. The van der Waals surface area contributed by atoms with Crippen LogP contribution in [-0.4, -0.2) is 52.0 Å². The van der Waals surface area contributed by atoms with Crippen molar-refractivity contribution in [3.05, 3.63) is 47.8 Å². The lowest BCUT2D eigenvalue weighted by Crippen LogP contribution is -2.53. The highest BCUT2D eigenvalue weighted by Crippen LogP contribution is 2.44. The minimum Gasteiger partial charge on any atom is -0.487 e. The van der Waals surface area contributed by atoms with E-state index in [1.165, 1.54) is 0 Å². The van der Waals surface area contributed by atoms with Crippen molar-refractivity contribution in [2.75, 3.05) is 19.7 Å². The number of amides is 2. The highest BCUT2D eigenvalue weighted by atomic mass is 16.6. The average Bonchev–Trinajstić information content (AvgIpc) is 3.15. The first-order chi connectivity index (χ1) is 14.0. The number of aromatic nitrogens is 2. The number of carbonyl (C=O) groups excluding carboxylic acids is 2. The number of ether oxygens (including phenoxy) is 2. The molecule has 1 fully saturated rings. The molecule has 1 atom stereocenters. The first-order valence-electron chi connectivity index (χ1n) is 10.00. The van der Waals surface area contributed by atoms with Crippen molar-refractivity contribution in [2.45, 2.75) is 37.8 Å². The van der Waals surface area contributed by atoms with Crippen LogP contribution in [0.2, 0.25) is 0 Å². The maximum Gasteiger partial charge on any atom is 0.409 e. The van der Waals surface area contributed by atoms with E-state index in [-0.39, 0.29) is 18.0 Å². The van der Waals surface area contributed by atoms with Crippen molar-refractivity contribution >= 4 is 12.0 Å². The third kappa shape index (κ3) is 3.79. The van der Waals surface area contributed by atoms with E-state index in [9.17, 15) is 9.59 Å². The number of hydrogen-bond donors (Lipinski definition) is 1. The van der Waals surface area contributed by atoms with Crippen LogP contribution in [0, 0.1) is 0 Å². The Morgan fingerprint density at radius 3 is 2.72 bits per heavy atom. The lowest BCUT2D eigenvalue weighted by atomic mass is 9.80. The fraction of sp³-hybridized carbons (Fsp3) is 0.476. The second-order valence-electron chi connectivity index (χ2n) is 7.58. The third-order valence-electron chi connectivity index (χ3n) is 5.76. The van der Waals surface area contributed by atoms with Crippen molar-refractivity contribution in [3.8, 4) is 5.75 Å². The summed E-state index contributed by atoms with van der Waals surface area (Å²) in [6.07, 6.45) is 3.37. The molecule has 3 heterocycles. The molecule has 0 radical (unpaired) electrons. The molecule has 8 nitrogen and oxygen atoms in total. The van der Waals surface area contributed by atoms with Gasteiger partial charge in [0.05, 0.1) is 12.6 Å². The van der Waals surface area contributed by atoms with Gasteiger partial charge in [0.15, 0.2) is 0 Å². The van der Waals surface area contributed by atoms with Crippen molar-refractivity contribution < 1.29 is 19.1 Å². The number of para-hydroxylation sites is 1. The van der Waals surface area contributed by atoms with E-state index in [1.54, 1.807) is 35.8 Å². The SMILES string of the molecule is CCOC(=O)N1CCC2(CC1)CC(NC(=O)c1ccnn1C)c1ccccc1O2. The topological polar surface area (TPSA) is 85.7 Å². The number of nitrogens with zero attached hydrogens (tertiary/aromatic N) is 3. The number of fused-ring (bicyclic) bond motifs is 1. The van der Waals surface area contributed by atoms with Crippen LogP contribution >= 0.6 is 0 Å². The molecule has 2 aliphatic rings. The predicted octanol–water partition coefficient (Wildman–Crippen LogP) is 2.66. The Labute approximate surface area is 169 Å². The van der Waals surface area contributed by atoms with Gasteiger partial charge in [0, 0.05) is 51.2 Å². The molecule has 1 spiro atoms. The van der Waals surface area contributed by atoms with E-state index in [2.05, 4.69) is 10.4 Å². The molecule has 2 aromatic rings. The molecule has 154 valence electrons. The summed E-state index contributed by atoms with van der Waals surface area (Å²) < 4.78 is 13.1. The number of carbonyl (C=O) groups is 2. The normalized spacial score (nSPS) is 19.9. The lowest BCUT2D eigenvalue weighted by Gasteiger charge is -2.46. The summed E-state index contributed by atoms with van der Waals surface area (Å²) in [4.78, 5) is 26.6. The molecule has 2 aliphatic heterocycles. The van der Waals surface area contributed by atoms with Gasteiger partial charge in [-0.25, -0.2) is 4.79 Å². The minimum absolute atomic E-state index is 0.161. The average molecular weight is 398 g/mol. The highest BCUT2D eigenvalue weighted by Gasteiger charge is 2.44. The second kappa shape index (κ2) is 7.77. The molecule has 29 heavy (non-hydrogen) atoms. The maximum atomic E-state index is 12.8. The van der Waals surface area contributed by atoms with Gasteiger partial charge in [-0.15, -0.1) is 0 Å². The van der Waals surface area contributed by atoms with Crippen LogP contribution < -0.4 is 10.1 Å². The molecule has 0 aliphatic carbocycles. The fourth-order valence-corrected chi connectivity index (χ4v) is 4.19. The standard InChI is InChI=1S/C21H26N4O4/c1-3-28-20(27)25-12-9-21(10-13-25)14-16(15-6-4-5-7-18(15)29-21)23-19(26)17-8-11-22-24(17)2/h4-8,11,16H,3,9-10,12-14H2,1-2H3,(H,23,26). The van der Waals surface area contributed by atoms with Gasteiger partial charge < -0.3 is 19.7 Å². The summed E-state index contributed by atoms with van der Waals surface area (Å²) >= 11 is 0. The summed E-state index contributed by atoms with van der Waals surface area (Å²) in [7, 11) is 1.75. The van der Waals surface area contributed by atoms with Crippen LogP contribution in [0.1, 0.15) is 48.3 Å². The Hall–Kier alpha value is -3.03. The van der Waals surface area contributed by atoms with Gasteiger partial charge in [-0.3, -0.25) is 9.48 Å². The van der Waals surface area contributed by atoms with Gasteiger partial charge >= 0.3 is 6.09 Å². The molecule has 1 N–H and O–H groups in total. The molecular formula is C21H26N4O4. The van der Waals surface area contributed by atoms with Crippen LogP contribution in [0.15, 0.2) is 36.5 Å². The zero-order valence-corrected chi connectivity index (χ0v) is 16.8. The monoisotopic (exact) mass is 398 g/mol. The Morgan fingerprint density at radius 1 is 1.28 bits per heavy atom. The zero-order chi connectivity index (χ0) is 20.4. The maximum absolute atomic E-state index is 12.8. The van der Waals surface area contributed by atoms with Crippen LogP contribution in [-0.2, 0) is 11.8 Å². The number of likely N-dealkylation sites (tertiary alicyclic amines) is 1. The van der Waals surface area contributed by atoms with Crippen LogP contribution in [0.25, 0.3) is 0 Å². The molecular weight excluding hydrogens is 372 g/mol. The number of aryl methyl sites for hydroxylation is 1. The lowest BCUT2D eigenvalue weighted by molar-refractivity contribution is -0.0233. The van der Waals surface area contributed by atoms with E-state index < -0.39 is 5.60 Å². The number of piperidine rings is 1. The minimum atomic E-state index is -0.415. The molecule has 0 bridgehead atoms. The quantitative estimate of drug-likeness (QED) is 0.859. The molecule has 1 aromatic carbocycles. The smallest absolute Gasteiger partial charge is 0.409 e. The molecule has 1 saturated heterocycles. The Balaban J connectivity index is 1.53. The van der Waals surface area contributed by atoms with Crippen molar-refractivity contribution in [3.63, 3.8) is 0 Å². The predicted molar refractivity (Wildman–Crippen MR) is 106 cm³/mol. The highest BCUT2D eigenvalue weighted by molar-refractivity contribution is 5.92. The molecule has 0 saturated carbocycles. The summed E-state index contributed by atoms with van der Waals surface area (Å²) in [6, 6.07) is 9.35. The van der Waals surface area contributed by atoms with Crippen LogP contribution in [0.3, 0.4) is 0 Å². The summed E-state index contributed by atoms with van der Waals surface area (Å²) in [5, 5.41) is 7.24. The number of nitrogens with one attached hydrogen (secondary N) is 1. The molecule has 2 amide bonds. The number of hydrogen-bond acceptors (Lipinski definition) is 5. The molecule has 8 heteroatoms. The zero-order valence-electron chi connectivity index (χ0n) is 16.8.